The number of anilines is 1. The highest BCUT2D eigenvalue weighted by Gasteiger charge is 2.35. The monoisotopic (exact) mass is 655 g/mol. The molecule has 2 amide bonds. The molecule has 230 valence electrons. The highest BCUT2D eigenvalue weighted by atomic mass is 35.5. The van der Waals surface area contributed by atoms with E-state index in [4.69, 9.17) is 23.2 Å². The molecule has 0 aliphatic rings. The third-order valence-electron chi connectivity index (χ3n) is 6.95. The van der Waals surface area contributed by atoms with Gasteiger partial charge >= 0.3 is 0 Å². The standard InChI is InChI=1S/C33H32Cl2FN3O4S/c1-3-37-33(41)31(19-24-7-5-4-6-8-24)38(21-25-11-14-27(36)15-12-25)32(40)22-39(30-20-26(34)13-18-29(30)35)44(42,43)28-16-9-23(2)10-17-28/h4-18,20,31H,3,19,21-22H2,1-2H3,(H,37,41)/t31-/m1/s1. The second-order valence-corrected chi connectivity index (χ2v) is 12.9. The number of carbonyl (C=O) groups excluding carboxylic acids is 2. The van der Waals surface area contributed by atoms with Crippen molar-refractivity contribution in [1.29, 1.82) is 0 Å². The lowest BCUT2D eigenvalue weighted by Crippen LogP contribution is -2.53. The van der Waals surface area contributed by atoms with Gasteiger partial charge in [0.1, 0.15) is 18.4 Å². The number of likely N-dealkylation sites (N-methyl/N-ethyl adjacent to an activating group) is 1. The Balaban J connectivity index is 1.82. The van der Waals surface area contributed by atoms with Crippen LogP contribution in [-0.2, 0) is 32.6 Å². The zero-order chi connectivity index (χ0) is 31.9. The van der Waals surface area contributed by atoms with E-state index in [2.05, 4.69) is 5.32 Å². The van der Waals surface area contributed by atoms with Gasteiger partial charge in [-0.15, -0.1) is 0 Å². The van der Waals surface area contributed by atoms with Gasteiger partial charge in [-0.25, -0.2) is 12.8 Å². The smallest absolute Gasteiger partial charge is 0.264 e. The van der Waals surface area contributed by atoms with Gasteiger partial charge in [0.15, 0.2) is 0 Å². The number of rotatable bonds is 12. The normalized spacial score (nSPS) is 11.9. The van der Waals surface area contributed by atoms with Crippen LogP contribution < -0.4 is 9.62 Å². The minimum Gasteiger partial charge on any atom is -0.355 e. The third kappa shape index (κ3) is 8.16. The summed E-state index contributed by atoms with van der Waals surface area (Å²) in [6, 6.07) is 24.2. The fraction of sp³-hybridized carbons (Fsp3) is 0.212. The molecule has 0 saturated carbocycles. The van der Waals surface area contributed by atoms with Crippen LogP contribution in [0.2, 0.25) is 10.0 Å². The number of aryl methyl sites for hydroxylation is 1. The molecule has 0 aliphatic carbocycles. The first-order valence-electron chi connectivity index (χ1n) is 13.9. The van der Waals surface area contributed by atoms with Gasteiger partial charge in [-0.2, -0.15) is 0 Å². The molecule has 0 radical (unpaired) electrons. The van der Waals surface area contributed by atoms with Gasteiger partial charge in [0.2, 0.25) is 11.8 Å². The summed E-state index contributed by atoms with van der Waals surface area (Å²) in [4.78, 5) is 29.1. The quantitative estimate of drug-likeness (QED) is 0.191. The first kappa shape index (κ1) is 33.0. The SMILES string of the molecule is CCNC(=O)[C@@H](Cc1ccccc1)N(Cc1ccc(F)cc1)C(=O)CN(c1cc(Cl)ccc1Cl)S(=O)(=O)c1ccc(C)cc1. The maximum atomic E-state index is 14.4. The molecule has 1 N–H and O–H groups in total. The van der Waals surface area contributed by atoms with E-state index in [0.29, 0.717) is 12.1 Å². The third-order valence-corrected chi connectivity index (χ3v) is 9.28. The second-order valence-electron chi connectivity index (χ2n) is 10.2. The van der Waals surface area contributed by atoms with Crippen molar-refractivity contribution in [3.8, 4) is 0 Å². The van der Waals surface area contributed by atoms with Crippen molar-refractivity contribution >= 4 is 50.7 Å². The van der Waals surface area contributed by atoms with E-state index in [-0.39, 0.29) is 33.6 Å². The van der Waals surface area contributed by atoms with E-state index in [1.54, 1.807) is 19.1 Å². The predicted molar refractivity (Wildman–Crippen MR) is 172 cm³/mol. The summed E-state index contributed by atoms with van der Waals surface area (Å²) < 4.78 is 42.9. The van der Waals surface area contributed by atoms with Crippen molar-refractivity contribution in [2.24, 2.45) is 0 Å². The van der Waals surface area contributed by atoms with Gasteiger partial charge in [0.05, 0.1) is 15.6 Å². The Morgan fingerprint density at radius 1 is 0.886 bits per heavy atom. The Morgan fingerprint density at radius 2 is 1.55 bits per heavy atom. The Kier molecular flexibility index (Phi) is 11.0. The molecule has 4 rings (SSSR count). The van der Waals surface area contributed by atoms with Crippen LogP contribution in [0.1, 0.15) is 23.6 Å². The van der Waals surface area contributed by atoms with Crippen LogP contribution in [0, 0.1) is 12.7 Å². The molecule has 0 aliphatic heterocycles. The largest absolute Gasteiger partial charge is 0.355 e. The van der Waals surface area contributed by atoms with Crippen molar-refractivity contribution < 1.29 is 22.4 Å². The van der Waals surface area contributed by atoms with Gasteiger partial charge < -0.3 is 10.2 Å². The molecule has 7 nitrogen and oxygen atoms in total. The molecule has 0 unspecified atom stereocenters. The lowest BCUT2D eigenvalue weighted by Gasteiger charge is -2.34. The van der Waals surface area contributed by atoms with Crippen LogP contribution in [0.15, 0.2) is 102 Å². The molecule has 0 saturated heterocycles. The number of nitrogens with zero attached hydrogens (tertiary/aromatic N) is 2. The van der Waals surface area contributed by atoms with Crippen molar-refractivity contribution in [1.82, 2.24) is 10.2 Å². The van der Waals surface area contributed by atoms with Crippen LogP contribution >= 0.6 is 23.2 Å². The minimum atomic E-state index is -4.34. The lowest BCUT2D eigenvalue weighted by molar-refractivity contribution is -0.140. The van der Waals surface area contributed by atoms with Gasteiger partial charge in [0.25, 0.3) is 10.0 Å². The molecular weight excluding hydrogens is 624 g/mol. The second kappa shape index (κ2) is 14.7. The zero-order valence-electron chi connectivity index (χ0n) is 24.2. The van der Waals surface area contributed by atoms with Gasteiger partial charge in [-0.1, -0.05) is 83.4 Å². The minimum absolute atomic E-state index is 0.00689. The first-order chi connectivity index (χ1) is 21.0. The van der Waals surface area contributed by atoms with Crippen LogP contribution in [-0.4, -0.2) is 44.3 Å². The number of nitrogens with one attached hydrogen (secondary N) is 1. The predicted octanol–water partition coefficient (Wildman–Crippen LogP) is 6.41. The summed E-state index contributed by atoms with van der Waals surface area (Å²) in [6.07, 6.45) is 0.155. The molecule has 4 aromatic carbocycles. The molecule has 0 spiro atoms. The number of amides is 2. The first-order valence-corrected chi connectivity index (χ1v) is 16.1. The number of sulfonamides is 1. The molecule has 1 atom stereocenters. The number of halogens is 3. The average Bonchev–Trinajstić information content (AvgIpc) is 3.00. The molecule has 4 aromatic rings. The van der Waals surface area contributed by atoms with E-state index in [0.717, 1.165) is 15.4 Å². The van der Waals surface area contributed by atoms with Crippen LogP contribution in [0.25, 0.3) is 0 Å². The Hall–Kier alpha value is -3.92. The fourth-order valence-electron chi connectivity index (χ4n) is 4.66. The van der Waals surface area contributed by atoms with E-state index in [1.165, 1.54) is 59.5 Å². The lowest BCUT2D eigenvalue weighted by atomic mass is 10.0. The molecule has 0 aromatic heterocycles. The maximum Gasteiger partial charge on any atom is 0.264 e. The summed E-state index contributed by atoms with van der Waals surface area (Å²) in [5.74, 6) is -1.55. The highest BCUT2D eigenvalue weighted by molar-refractivity contribution is 7.92. The number of carbonyl (C=O) groups is 2. The molecule has 11 heteroatoms. The molecule has 0 bridgehead atoms. The Bertz CT molecular complexity index is 1700. The molecule has 0 heterocycles. The molecular formula is C33H32Cl2FN3O4S. The van der Waals surface area contributed by atoms with Crippen molar-refractivity contribution in [2.45, 2.75) is 37.8 Å². The van der Waals surface area contributed by atoms with E-state index in [9.17, 15) is 22.4 Å². The maximum absolute atomic E-state index is 14.4. The van der Waals surface area contributed by atoms with Crippen molar-refractivity contribution in [3.05, 3.63) is 130 Å². The molecule has 0 fully saturated rings. The summed E-state index contributed by atoms with van der Waals surface area (Å²) in [5.41, 5.74) is 2.20. The van der Waals surface area contributed by atoms with E-state index < -0.39 is 40.2 Å². The van der Waals surface area contributed by atoms with Crippen LogP contribution in [0.4, 0.5) is 10.1 Å². The van der Waals surface area contributed by atoms with Gasteiger partial charge in [0, 0.05) is 24.5 Å². The van der Waals surface area contributed by atoms with Crippen molar-refractivity contribution in [2.75, 3.05) is 17.4 Å². The number of benzene rings is 4. The van der Waals surface area contributed by atoms with E-state index in [1.807, 2.05) is 37.3 Å². The topological polar surface area (TPSA) is 86.8 Å². The van der Waals surface area contributed by atoms with E-state index >= 15 is 0 Å². The Labute approximate surface area is 267 Å². The Morgan fingerprint density at radius 3 is 2.18 bits per heavy atom. The van der Waals surface area contributed by atoms with Crippen LogP contribution in [0.5, 0.6) is 0 Å². The van der Waals surface area contributed by atoms with Gasteiger partial charge in [-0.3, -0.25) is 13.9 Å². The number of hydrogen-bond donors (Lipinski definition) is 1. The summed E-state index contributed by atoms with van der Waals surface area (Å²) in [5, 5.41) is 3.07. The molecule has 44 heavy (non-hydrogen) atoms. The van der Waals surface area contributed by atoms with Crippen LogP contribution in [0.3, 0.4) is 0 Å². The highest BCUT2D eigenvalue weighted by Crippen LogP contribution is 2.33. The summed E-state index contributed by atoms with van der Waals surface area (Å²) in [7, 11) is -4.34. The summed E-state index contributed by atoms with van der Waals surface area (Å²) >= 11 is 12.7. The fourth-order valence-corrected chi connectivity index (χ4v) is 6.52. The average molecular weight is 657 g/mol. The number of hydrogen-bond acceptors (Lipinski definition) is 4. The zero-order valence-corrected chi connectivity index (χ0v) is 26.5. The van der Waals surface area contributed by atoms with Gasteiger partial charge in [-0.05, 0) is 67.4 Å². The van der Waals surface area contributed by atoms with Crippen molar-refractivity contribution in [3.63, 3.8) is 0 Å². The summed E-state index contributed by atoms with van der Waals surface area (Å²) in [6.45, 7) is 3.13.